The van der Waals surface area contributed by atoms with Crippen LogP contribution in [0.4, 0.5) is 5.82 Å². The predicted octanol–water partition coefficient (Wildman–Crippen LogP) is 3.74. The van der Waals surface area contributed by atoms with Crippen LogP contribution in [0.1, 0.15) is 44.2 Å². The van der Waals surface area contributed by atoms with E-state index >= 15 is 0 Å². The third-order valence-electron chi connectivity index (χ3n) is 5.87. The summed E-state index contributed by atoms with van der Waals surface area (Å²) in [5.74, 6) is 1.49. The maximum atomic E-state index is 12.0. The fraction of sp³-hybridized carbons (Fsp3) is 0.435. The molecule has 5 rings (SSSR count). The summed E-state index contributed by atoms with van der Waals surface area (Å²) < 4.78 is 8.03. The molecule has 3 aromatic heterocycles. The Labute approximate surface area is 175 Å². The van der Waals surface area contributed by atoms with E-state index in [4.69, 9.17) is 4.74 Å². The Morgan fingerprint density at radius 3 is 2.90 bits per heavy atom. The van der Waals surface area contributed by atoms with Crippen LogP contribution in [-0.2, 0) is 4.79 Å². The van der Waals surface area contributed by atoms with Crippen molar-refractivity contribution in [2.24, 2.45) is 5.92 Å². The lowest BCUT2D eigenvalue weighted by Crippen LogP contribution is -2.28. The molecular formula is C23H26N4O3. The molecule has 2 saturated carbocycles. The average Bonchev–Trinajstić information content (AvgIpc) is 3.50. The summed E-state index contributed by atoms with van der Waals surface area (Å²) in [4.78, 5) is 16.5. The highest BCUT2D eigenvalue weighted by Gasteiger charge is 2.30. The number of hydrogen-bond acceptors (Lipinski definition) is 5. The highest BCUT2D eigenvalue weighted by Crippen LogP contribution is 2.34. The summed E-state index contributed by atoms with van der Waals surface area (Å²) in [7, 11) is 0. The zero-order valence-electron chi connectivity index (χ0n) is 17.0. The minimum Gasteiger partial charge on any atom is -0.488 e. The molecule has 7 heteroatoms. The van der Waals surface area contributed by atoms with E-state index in [-0.39, 0.29) is 24.0 Å². The molecule has 2 N–H and O–H groups in total. The van der Waals surface area contributed by atoms with E-state index in [1.807, 2.05) is 37.4 Å². The maximum Gasteiger partial charge on any atom is 0.228 e. The van der Waals surface area contributed by atoms with Crippen LogP contribution in [0.3, 0.4) is 0 Å². The second kappa shape index (κ2) is 7.72. The molecule has 7 nitrogen and oxygen atoms in total. The fourth-order valence-corrected chi connectivity index (χ4v) is 4.07. The van der Waals surface area contributed by atoms with E-state index in [9.17, 15) is 9.90 Å². The van der Waals surface area contributed by atoms with Gasteiger partial charge in [0.1, 0.15) is 11.9 Å². The van der Waals surface area contributed by atoms with Gasteiger partial charge in [-0.3, -0.25) is 9.78 Å². The number of aliphatic hydroxyl groups is 1. The van der Waals surface area contributed by atoms with Crippen molar-refractivity contribution in [1.29, 1.82) is 0 Å². The van der Waals surface area contributed by atoms with Gasteiger partial charge in [0.2, 0.25) is 5.91 Å². The van der Waals surface area contributed by atoms with Crippen LogP contribution in [-0.4, -0.2) is 37.8 Å². The molecule has 2 atom stereocenters. The first-order valence-corrected chi connectivity index (χ1v) is 10.7. The summed E-state index contributed by atoms with van der Waals surface area (Å²) in [5, 5.41) is 17.3. The van der Waals surface area contributed by atoms with Crippen molar-refractivity contribution in [2.75, 3.05) is 5.32 Å². The van der Waals surface area contributed by atoms with Crippen LogP contribution >= 0.6 is 0 Å². The highest BCUT2D eigenvalue weighted by molar-refractivity contribution is 5.93. The molecule has 1 amide bonds. The number of aryl methyl sites for hydroxylation is 1. The maximum absolute atomic E-state index is 12.0. The van der Waals surface area contributed by atoms with Gasteiger partial charge in [-0.05, 0) is 62.8 Å². The Kier molecular flexibility index (Phi) is 4.90. The van der Waals surface area contributed by atoms with Gasteiger partial charge in [-0.15, -0.1) is 0 Å². The highest BCUT2D eigenvalue weighted by atomic mass is 16.5. The minimum atomic E-state index is -0.293. The molecule has 156 valence electrons. The number of nitrogens with zero attached hydrogens (tertiary/aromatic N) is 3. The zero-order chi connectivity index (χ0) is 20.7. The number of fused-ring (bicyclic) bond motifs is 1. The van der Waals surface area contributed by atoms with Gasteiger partial charge in [-0.25, -0.2) is 4.52 Å². The van der Waals surface area contributed by atoms with Gasteiger partial charge in [0.15, 0.2) is 5.82 Å². The summed E-state index contributed by atoms with van der Waals surface area (Å²) in [6.45, 7) is 1.96. The molecule has 0 radical (unpaired) electrons. The number of pyridine rings is 2. The van der Waals surface area contributed by atoms with E-state index in [0.717, 1.165) is 60.2 Å². The zero-order valence-corrected chi connectivity index (χ0v) is 17.0. The van der Waals surface area contributed by atoms with E-state index in [0.29, 0.717) is 12.2 Å². The van der Waals surface area contributed by atoms with Crippen LogP contribution in [0.25, 0.3) is 16.6 Å². The largest absolute Gasteiger partial charge is 0.488 e. The van der Waals surface area contributed by atoms with Crippen LogP contribution in [0.2, 0.25) is 0 Å². The number of carbonyl (C=O) groups is 1. The Hall–Kier alpha value is -2.93. The van der Waals surface area contributed by atoms with Gasteiger partial charge in [-0.1, -0.05) is 0 Å². The first-order valence-electron chi connectivity index (χ1n) is 10.7. The van der Waals surface area contributed by atoms with Gasteiger partial charge in [-0.2, -0.15) is 5.10 Å². The molecule has 2 aliphatic rings. The van der Waals surface area contributed by atoms with Gasteiger partial charge in [0.05, 0.1) is 17.8 Å². The number of rotatable bonds is 5. The molecule has 0 aromatic carbocycles. The van der Waals surface area contributed by atoms with Crippen LogP contribution in [0.15, 0.2) is 36.7 Å². The lowest BCUT2D eigenvalue weighted by Gasteiger charge is -2.27. The monoisotopic (exact) mass is 406 g/mol. The first-order chi connectivity index (χ1) is 14.5. The smallest absolute Gasteiger partial charge is 0.228 e. The number of hydrogen-bond donors (Lipinski definition) is 2. The molecule has 0 bridgehead atoms. The summed E-state index contributed by atoms with van der Waals surface area (Å²) >= 11 is 0. The number of ether oxygens (including phenoxy) is 1. The van der Waals surface area contributed by atoms with Gasteiger partial charge < -0.3 is 15.2 Å². The van der Waals surface area contributed by atoms with Gasteiger partial charge >= 0.3 is 0 Å². The summed E-state index contributed by atoms with van der Waals surface area (Å²) in [6.07, 6.45) is 8.70. The normalized spacial score (nSPS) is 21.5. The third kappa shape index (κ3) is 4.03. The van der Waals surface area contributed by atoms with E-state index < -0.39 is 0 Å². The predicted molar refractivity (Wildman–Crippen MR) is 113 cm³/mol. The number of amides is 1. The second-order valence-electron chi connectivity index (χ2n) is 8.46. The molecule has 30 heavy (non-hydrogen) atoms. The standard InChI is InChI=1S/C23H26N4O3/c1-14-9-20(21(13-24-14)30-19-4-2-3-18(28)12-19)16-7-8-27-17(10-16)11-22(26-27)25-23(29)15-5-6-15/h7-11,13,15,18-19,28H,2-6,12H2,1H3,(H,25,26,29)/t18-,19+/m0/s1. The van der Waals surface area contributed by atoms with Gasteiger partial charge in [0, 0.05) is 35.9 Å². The van der Waals surface area contributed by atoms with Crippen molar-refractivity contribution in [1.82, 2.24) is 14.6 Å². The molecule has 0 saturated heterocycles. The third-order valence-corrected chi connectivity index (χ3v) is 5.87. The number of aliphatic hydroxyl groups excluding tert-OH is 1. The molecule has 0 spiro atoms. The number of aromatic nitrogens is 3. The second-order valence-corrected chi connectivity index (χ2v) is 8.46. The number of carbonyl (C=O) groups excluding carboxylic acids is 1. The Morgan fingerprint density at radius 2 is 2.10 bits per heavy atom. The van der Waals surface area contributed by atoms with Crippen molar-refractivity contribution in [2.45, 2.75) is 57.7 Å². The molecule has 3 aromatic rings. The lowest BCUT2D eigenvalue weighted by atomic mass is 9.95. The SMILES string of the molecule is Cc1cc(-c2ccn3nc(NC(=O)C4CC4)cc3c2)c(O[C@@H]2CCC[C@H](O)C2)cn1. The number of anilines is 1. The quantitative estimate of drug-likeness (QED) is 0.674. The molecule has 2 fully saturated rings. The first kappa shape index (κ1) is 19.1. The number of nitrogens with one attached hydrogen (secondary N) is 1. The van der Waals surface area contributed by atoms with Crippen molar-refractivity contribution in [3.63, 3.8) is 0 Å². The van der Waals surface area contributed by atoms with Gasteiger partial charge in [0.25, 0.3) is 0 Å². The van der Waals surface area contributed by atoms with E-state index in [1.54, 1.807) is 10.7 Å². The Balaban J connectivity index is 1.43. The molecular weight excluding hydrogens is 380 g/mol. The average molecular weight is 406 g/mol. The molecule has 0 unspecified atom stereocenters. The molecule has 2 aliphatic carbocycles. The van der Waals surface area contributed by atoms with E-state index in [1.165, 1.54) is 0 Å². The van der Waals surface area contributed by atoms with Crippen molar-refractivity contribution < 1.29 is 14.6 Å². The Bertz CT molecular complexity index is 1090. The Morgan fingerprint density at radius 1 is 1.23 bits per heavy atom. The lowest BCUT2D eigenvalue weighted by molar-refractivity contribution is -0.117. The van der Waals surface area contributed by atoms with E-state index in [2.05, 4.69) is 15.4 Å². The molecule has 0 aliphatic heterocycles. The summed E-state index contributed by atoms with van der Waals surface area (Å²) in [6, 6.07) is 7.93. The van der Waals surface area contributed by atoms with Crippen LogP contribution < -0.4 is 10.1 Å². The minimum absolute atomic E-state index is 0.0000525. The van der Waals surface area contributed by atoms with Crippen LogP contribution in [0.5, 0.6) is 5.75 Å². The molecule has 3 heterocycles. The fourth-order valence-electron chi connectivity index (χ4n) is 4.07. The van der Waals surface area contributed by atoms with Crippen LogP contribution in [0, 0.1) is 12.8 Å². The van der Waals surface area contributed by atoms with Crippen molar-refractivity contribution in [3.8, 4) is 16.9 Å². The van der Waals surface area contributed by atoms with Crippen molar-refractivity contribution >= 4 is 17.2 Å². The summed E-state index contributed by atoms with van der Waals surface area (Å²) in [5.41, 5.74) is 3.77. The topological polar surface area (TPSA) is 88.8 Å². The van der Waals surface area contributed by atoms with Crippen molar-refractivity contribution in [3.05, 3.63) is 42.4 Å².